The molecule has 0 saturated heterocycles. The van der Waals surface area contributed by atoms with Gasteiger partial charge in [-0.1, -0.05) is 0 Å². The number of quaternary nitrogens is 1. The van der Waals surface area contributed by atoms with Crippen LogP contribution in [0.2, 0.25) is 0 Å². The van der Waals surface area contributed by atoms with Crippen LogP contribution < -0.4 is 15.5 Å². The molecule has 186 valence electrons. The molecule has 4 aromatic rings. The maximum Gasteiger partial charge on any atom is 0.419 e. The van der Waals surface area contributed by atoms with Gasteiger partial charge in [-0.05, 0) is 35.9 Å². The number of carbonyl (C=O) groups is 2. The molecular formula is C23H23FN7O4S+. The van der Waals surface area contributed by atoms with Crippen LogP contribution in [0, 0.1) is 5.82 Å². The summed E-state index contributed by atoms with van der Waals surface area (Å²) in [5, 5.41) is 7.31. The molecule has 11 nitrogen and oxygen atoms in total. The van der Waals surface area contributed by atoms with Gasteiger partial charge in [0.15, 0.2) is 14.9 Å². The zero-order valence-corrected chi connectivity index (χ0v) is 20.5. The SMILES string of the molecule is C[N+](C)(C(N)=O)c1cc(CNC(=O)c2cncc3c2cnn3-c2ccc(F)cc2)cc(S(C)(=O)=O)n1. The standard InChI is InChI=1S/C23H22FN7O4S/c1-31(2,23(25)33)20-8-14(9-21(29-20)36(3,34)35)10-27-22(32)18-11-26-13-19-17(18)12-28-30(19)16-6-4-15(24)5-7-16/h4-9,11-13H,10H2,1-3H3,(H2-,25,27,32,33)/p+1. The number of pyridine rings is 2. The van der Waals surface area contributed by atoms with Gasteiger partial charge < -0.3 is 11.1 Å². The predicted molar refractivity (Wildman–Crippen MR) is 131 cm³/mol. The molecule has 3 aromatic heterocycles. The highest BCUT2D eigenvalue weighted by molar-refractivity contribution is 7.90. The van der Waals surface area contributed by atoms with Crippen molar-refractivity contribution in [3.05, 3.63) is 71.9 Å². The number of nitrogens with zero attached hydrogens (tertiary/aromatic N) is 5. The molecule has 0 aliphatic rings. The van der Waals surface area contributed by atoms with Crippen LogP contribution in [0.1, 0.15) is 15.9 Å². The molecule has 0 aliphatic carbocycles. The Morgan fingerprint density at radius 3 is 2.44 bits per heavy atom. The van der Waals surface area contributed by atoms with Gasteiger partial charge in [0.2, 0.25) is 5.82 Å². The number of hydrogen-bond acceptors (Lipinski definition) is 7. The van der Waals surface area contributed by atoms with E-state index in [2.05, 4.69) is 20.4 Å². The minimum atomic E-state index is -3.71. The van der Waals surface area contributed by atoms with Gasteiger partial charge in [0, 0.05) is 30.4 Å². The zero-order chi connectivity index (χ0) is 26.3. The van der Waals surface area contributed by atoms with Crippen LogP contribution in [0.5, 0.6) is 0 Å². The van der Waals surface area contributed by atoms with Gasteiger partial charge in [-0.2, -0.15) is 14.6 Å². The van der Waals surface area contributed by atoms with Crippen LogP contribution in [-0.2, 0) is 16.4 Å². The van der Waals surface area contributed by atoms with Gasteiger partial charge in [0.05, 0.1) is 43.3 Å². The summed E-state index contributed by atoms with van der Waals surface area (Å²) in [7, 11) is -0.757. The number of carbonyl (C=O) groups excluding carboxylic acids is 2. The van der Waals surface area contributed by atoms with Crippen LogP contribution in [0.3, 0.4) is 0 Å². The molecule has 13 heteroatoms. The Balaban J connectivity index is 1.64. The van der Waals surface area contributed by atoms with E-state index in [0.29, 0.717) is 22.2 Å². The Bertz CT molecular complexity index is 1600. The first kappa shape index (κ1) is 24.9. The molecule has 0 atom stereocenters. The summed E-state index contributed by atoms with van der Waals surface area (Å²) >= 11 is 0. The van der Waals surface area contributed by atoms with Crippen LogP contribution in [-0.4, -0.2) is 60.5 Å². The third kappa shape index (κ3) is 4.78. The Labute approximate surface area is 205 Å². The van der Waals surface area contributed by atoms with Crippen molar-refractivity contribution >= 4 is 38.5 Å². The fourth-order valence-corrected chi connectivity index (χ4v) is 4.05. The highest BCUT2D eigenvalue weighted by Crippen LogP contribution is 2.23. The van der Waals surface area contributed by atoms with Gasteiger partial charge >= 0.3 is 6.03 Å². The number of aromatic nitrogens is 4. The third-order valence-corrected chi connectivity index (χ3v) is 6.59. The lowest BCUT2D eigenvalue weighted by molar-refractivity contribution is 0.0952. The van der Waals surface area contributed by atoms with E-state index in [1.165, 1.54) is 55.4 Å². The molecule has 3 heterocycles. The van der Waals surface area contributed by atoms with Gasteiger partial charge in [0.1, 0.15) is 5.82 Å². The number of amides is 3. The van der Waals surface area contributed by atoms with Crippen LogP contribution in [0.4, 0.5) is 15.0 Å². The van der Waals surface area contributed by atoms with Crippen molar-refractivity contribution in [2.75, 3.05) is 20.4 Å². The van der Waals surface area contributed by atoms with Crippen molar-refractivity contribution in [2.45, 2.75) is 11.6 Å². The average molecular weight is 513 g/mol. The monoisotopic (exact) mass is 512 g/mol. The highest BCUT2D eigenvalue weighted by atomic mass is 32.2. The summed E-state index contributed by atoms with van der Waals surface area (Å²) in [6, 6.07) is 7.81. The number of hydrogen-bond donors (Lipinski definition) is 2. The zero-order valence-electron chi connectivity index (χ0n) is 19.6. The second-order valence-corrected chi connectivity index (χ2v) is 10.5. The Morgan fingerprint density at radius 1 is 1.11 bits per heavy atom. The number of rotatable bonds is 6. The number of urea groups is 1. The number of nitrogens with one attached hydrogen (secondary N) is 1. The van der Waals surface area contributed by atoms with Crippen molar-refractivity contribution in [3.63, 3.8) is 0 Å². The van der Waals surface area contributed by atoms with E-state index in [9.17, 15) is 22.4 Å². The lowest BCUT2D eigenvalue weighted by atomic mass is 10.1. The number of fused-ring (bicyclic) bond motifs is 1. The van der Waals surface area contributed by atoms with Gasteiger partial charge in [0.25, 0.3) is 5.91 Å². The molecule has 4 rings (SSSR count). The molecular weight excluding hydrogens is 489 g/mol. The van der Waals surface area contributed by atoms with Crippen LogP contribution >= 0.6 is 0 Å². The molecule has 0 fully saturated rings. The van der Waals surface area contributed by atoms with Gasteiger partial charge in [-0.15, -0.1) is 0 Å². The van der Waals surface area contributed by atoms with Crippen molar-refractivity contribution in [3.8, 4) is 5.69 Å². The number of sulfone groups is 1. The summed E-state index contributed by atoms with van der Waals surface area (Å²) in [6.45, 7) is -0.0574. The number of primary amides is 1. The quantitative estimate of drug-likeness (QED) is 0.375. The normalized spacial score (nSPS) is 12.0. The molecule has 3 N–H and O–H groups in total. The molecule has 0 bridgehead atoms. The number of nitrogens with two attached hydrogens (primary N) is 1. The first-order valence-corrected chi connectivity index (χ1v) is 12.5. The maximum absolute atomic E-state index is 13.3. The second-order valence-electron chi connectivity index (χ2n) is 8.57. The average Bonchev–Trinajstić information content (AvgIpc) is 3.26. The Morgan fingerprint density at radius 2 is 1.81 bits per heavy atom. The van der Waals surface area contributed by atoms with Crippen LogP contribution in [0.25, 0.3) is 16.6 Å². The molecule has 3 amide bonds. The molecule has 0 saturated carbocycles. The number of halogens is 1. The molecule has 0 radical (unpaired) electrons. The van der Waals surface area contributed by atoms with E-state index >= 15 is 0 Å². The maximum atomic E-state index is 13.3. The fourth-order valence-electron chi connectivity index (χ4n) is 3.42. The minimum absolute atomic E-state index is 0.0574. The highest BCUT2D eigenvalue weighted by Gasteiger charge is 2.30. The molecule has 1 aromatic carbocycles. The Kier molecular flexibility index (Phi) is 6.28. The smallest absolute Gasteiger partial charge is 0.348 e. The summed E-state index contributed by atoms with van der Waals surface area (Å²) in [4.78, 5) is 33.2. The molecule has 36 heavy (non-hydrogen) atoms. The fraction of sp³-hybridized carbons (Fsp3) is 0.174. The molecule has 0 unspecified atom stereocenters. The molecule has 0 spiro atoms. The van der Waals surface area contributed by atoms with E-state index in [1.807, 2.05) is 0 Å². The number of benzene rings is 1. The topological polar surface area (TPSA) is 150 Å². The van der Waals surface area contributed by atoms with E-state index in [4.69, 9.17) is 5.73 Å². The first-order chi connectivity index (χ1) is 16.9. The second kappa shape index (κ2) is 9.09. The Hall–Kier alpha value is -4.23. The predicted octanol–water partition coefficient (Wildman–Crippen LogP) is 1.93. The van der Waals surface area contributed by atoms with Crippen molar-refractivity contribution in [1.82, 2.24) is 29.5 Å². The van der Waals surface area contributed by atoms with Gasteiger partial charge in [-0.3, -0.25) is 9.78 Å². The summed E-state index contributed by atoms with van der Waals surface area (Å²) < 4.78 is 38.7. The lowest BCUT2D eigenvalue weighted by Gasteiger charge is -2.23. The molecule has 0 aliphatic heterocycles. The first-order valence-electron chi connectivity index (χ1n) is 10.6. The third-order valence-electron chi connectivity index (χ3n) is 5.62. The van der Waals surface area contributed by atoms with E-state index in [-0.39, 0.29) is 28.8 Å². The largest absolute Gasteiger partial charge is 0.419 e. The van der Waals surface area contributed by atoms with E-state index in [1.54, 1.807) is 18.3 Å². The minimum Gasteiger partial charge on any atom is -0.348 e. The van der Waals surface area contributed by atoms with Crippen molar-refractivity contribution in [1.29, 1.82) is 0 Å². The summed E-state index contributed by atoms with van der Waals surface area (Å²) in [6.07, 6.45) is 5.44. The van der Waals surface area contributed by atoms with Crippen LogP contribution in [0.15, 0.2) is 60.0 Å². The van der Waals surface area contributed by atoms with Crippen molar-refractivity contribution < 1.29 is 22.4 Å². The summed E-state index contributed by atoms with van der Waals surface area (Å²) in [5.74, 6) is -0.751. The van der Waals surface area contributed by atoms with Gasteiger partial charge in [-0.25, -0.2) is 22.3 Å². The van der Waals surface area contributed by atoms with E-state index < -0.39 is 26.3 Å². The summed E-state index contributed by atoms with van der Waals surface area (Å²) in [5.41, 5.74) is 7.24. The lowest BCUT2D eigenvalue weighted by Crippen LogP contribution is -2.50. The van der Waals surface area contributed by atoms with Crippen molar-refractivity contribution in [2.24, 2.45) is 5.73 Å². The van der Waals surface area contributed by atoms with E-state index in [0.717, 1.165) is 6.26 Å².